The summed E-state index contributed by atoms with van der Waals surface area (Å²) in [5, 5.41) is 12.0. The minimum atomic E-state index is 0.0583. The Kier molecular flexibility index (Phi) is 9.08. The molecule has 3 aromatic carbocycles. The molecule has 0 atom stereocenters. The van der Waals surface area contributed by atoms with E-state index >= 15 is 0 Å². The molecule has 0 unspecified atom stereocenters. The Hall–Kier alpha value is -0.570. The van der Waals surface area contributed by atoms with Crippen molar-refractivity contribution < 1.29 is 14.2 Å². The number of aromatic nitrogens is 3. The van der Waals surface area contributed by atoms with Gasteiger partial charge in [0, 0.05) is 17.9 Å². The highest BCUT2D eigenvalue weighted by Gasteiger charge is 2.23. The molecule has 1 heterocycles. The smallest absolute Gasteiger partial charge is 0.290 e. The summed E-state index contributed by atoms with van der Waals surface area (Å²) >= 11 is 24.5. The van der Waals surface area contributed by atoms with Crippen molar-refractivity contribution in [3.8, 4) is 34.8 Å². The average molecular weight is 910 g/mol. The van der Waals surface area contributed by atoms with Gasteiger partial charge in [-0.3, -0.25) is 0 Å². The van der Waals surface area contributed by atoms with Crippen LogP contribution in [0.2, 0.25) is 0 Å². The minimum absolute atomic E-state index is 0.0583. The van der Waals surface area contributed by atoms with Gasteiger partial charge in [0.25, 0.3) is 17.5 Å². The van der Waals surface area contributed by atoms with E-state index in [0.717, 1.165) is 22.4 Å². The first kappa shape index (κ1) is 26.5. The second-order valence-corrected chi connectivity index (χ2v) is 12.0. The summed E-state index contributed by atoms with van der Waals surface area (Å²) in [5.41, 5.74) is 0. The molecule has 0 aliphatic carbocycles. The lowest BCUT2D eigenvalue weighted by atomic mass is 10.3. The number of hydrogen-bond acceptors (Lipinski definition) is 6. The number of hydrogen-bond donors (Lipinski definition) is 0. The Morgan fingerprint density at radius 3 is 1.47 bits per heavy atom. The molecular formula is C21H8Br7N3O3. The van der Waals surface area contributed by atoms with Gasteiger partial charge in [0.1, 0.15) is 17.2 Å². The van der Waals surface area contributed by atoms with Crippen LogP contribution in [0.15, 0.2) is 79.8 Å². The van der Waals surface area contributed by atoms with E-state index in [-0.39, 0.29) is 17.5 Å². The van der Waals surface area contributed by atoms with E-state index in [0.29, 0.717) is 26.2 Å². The van der Waals surface area contributed by atoms with Crippen LogP contribution in [0.25, 0.3) is 0 Å². The molecule has 0 aliphatic rings. The molecule has 34 heavy (non-hydrogen) atoms. The van der Waals surface area contributed by atoms with Crippen molar-refractivity contribution in [1.82, 2.24) is 15.4 Å². The maximum atomic E-state index is 6.17. The fourth-order valence-corrected chi connectivity index (χ4v) is 5.59. The number of rotatable bonds is 6. The number of para-hydroxylation sites is 1. The van der Waals surface area contributed by atoms with Crippen molar-refractivity contribution in [1.29, 1.82) is 0 Å². The summed E-state index contributed by atoms with van der Waals surface area (Å²) in [6.45, 7) is 0. The Morgan fingerprint density at radius 2 is 0.971 bits per heavy atom. The van der Waals surface area contributed by atoms with Crippen molar-refractivity contribution in [2.75, 3.05) is 0 Å². The first-order valence-electron chi connectivity index (χ1n) is 9.04. The fourth-order valence-electron chi connectivity index (χ4n) is 2.53. The van der Waals surface area contributed by atoms with Crippen LogP contribution in [-0.4, -0.2) is 15.4 Å². The van der Waals surface area contributed by atoms with E-state index in [1.165, 1.54) is 0 Å². The molecule has 0 saturated carbocycles. The van der Waals surface area contributed by atoms with Crippen LogP contribution in [0.4, 0.5) is 0 Å². The van der Waals surface area contributed by atoms with Crippen molar-refractivity contribution in [2.24, 2.45) is 0 Å². The molecule has 0 fully saturated rings. The molecule has 6 nitrogen and oxygen atoms in total. The molecule has 4 rings (SSSR count). The van der Waals surface area contributed by atoms with Gasteiger partial charge in [0.2, 0.25) is 0 Å². The monoisotopic (exact) mass is 902 g/mol. The minimum Gasteiger partial charge on any atom is -0.445 e. The summed E-state index contributed by atoms with van der Waals surface area (Å²) in [4.78, 5) is 0. The standard InChI is InChI=1S/C21H8Br7N3O3/c22-9-3-1-2-4-12(9)32-19-20(33-13-7-5-10(23)15(25)17(13)27)29-31-30-21(19)34-14-8-6-11(24)16(26)18(14)28/h1-8H. The van der Waals surface area contributed by atoms with Gasteiger partial charge < -0.3 is 14.2 Å². The highest BCUT2D eigenvalue weighted by molar-refractivity contribution is 9.15. The van der Waals surface area contributed by atoms with Crippen LogP contribution >= 0.6 is 112 Å². The summed E-state index contributed by atoms with van der Waals surface area (Å²) in [5.74, 6) is 1.72. The molecule has 1 aromatic heterocycles. The predicted molar refractivity (Wildman–Crippen MR) is 153 cm³/mol. The largest absolute Gasteiger partial charge is 0.445 e. The molecule has 0 bridgehead atoms. The zero-order valence-corrected chi connectivity index (χ0v) is 27.4. The van der Waals surface area contributed by atoms with Gasteiger partial charge in [-0.05, 0) is 153 Å². The van der Waals surface area contributed by atoms with Gasteiger partial charge in [-0.25, -0.2) is 0 Å². The summed E-state index contributed by atoms with van der Waals surface area (Å²) < 4.78 is 23.7. The van der Waals surface area contributed by atoms with Gasteiger partial charge in [-0.2, -0.15) is 0 Å². The zero-order chi connectivity index (χ0) is 24.4. The van der Waals surface area contributed by atoms with Crippen LogP contribution < -0.4 is 14.2 Å². The van der Waals surface area contributed by atoms with Crippen LogP contribution in [0.3, 0.4) is 0 Å². The number of halogens is 7. The maximum absolute atomic E-state index is 6.17. The predicted octanol–water partition coefficient (Wildman–Crippen LogP) is 10.6. The highest BCUT2D eigenvalue weighted by Crippen LogP contribution is 2.47. The molecule has 0 spiro atoms. The summed E-state index contributed by atoms with van der Waals surface area (Å²) in [6, 6.07) is 14.6. The van der Waals surface area contributed by atoms with Crippen molar-refractivity contribution in [3.63, 3.8) is 0 Å². The van der Waals surface area contributed by atoms with Gasteiger partial charge in [0.15, 0.2) is 0 Å². The zero-order valence-electron chi connectivity index (χ0n) is 16.3. The fraction of sp³-hybridized carbons (Fsp3) is 0. The molecule has 0 radical (unpaired) electrons. The second kappa shape index (κ2) is 11.7. The first-order valence-corrected chi connectivity index (χ1v) is 14.6. The summed E-state index contributed by atoms with van der Waals surface area (Å²) in [6.07, 6.45) is 0. The van der Waals surface area contributed by atoms with E-state index in [4.69, 9.17) is 14.2 Å². The van der Waals surface area contributed by atoms with E-state index in [1.54, 1.807) is 18.2 Å². The van der Waals surface area contributed by atoms with E-state index in [2.05, 4.69) is 127 Å². The van der Waals surface area contributed by atoms with Crippen molar-refractivity contribution in [3.05, 3.63) is 79.8 Å². The first-order chi connectivity index (χ1) is 16.3. The third kappa shape index (κ3) is 5.87. The third-order valence-electron chi connectivity index (χ3n) is 4.12. The van der Waals surface area contributed by atoms with E-state index < -0.39 is 0 Å². The van der Waals surface area contributed by atoms with Crippen LogP contribution in [0.5, 0.6) is 34.8 Å². The molecule has 174 valence electrons. The average Bonchev–Trinajstić information content (AvgIpc) is 2.82. The number of ether oxygens (including phenoxy) is 3. The molecule has 0 saturated heterocycles. The maximum Gasteiger partial charge on any atom is 0.290 e. The Balaban J connectivity index is 1.81. The van der Waals surface area contributed by atoms with Gasteiger partial charge >= 0.3 is 0 Å². The van der Waals surface area contributed by atoms with E-state index in [1.807, 2.05) is 30.3 Å². The van der Waals surface area contributed by atoms with Gasteiger partial charge in [0.05, 0.1) is 13.4 Å². The van der Waals surface area contributed by atoms with Crippen LogP contribution in [0.1, 0.15) is 0 Å². The van der Waals surface area contributed by atoms with Crippen molar-refractivity contribution in [2.45, 2.75) is 0 Å². The topological polar surface area (TPSA) is 66.4 Å². The van der Waals surface area contributed by atoms with Gasteiger partial charge in [-0.1, -0.05) is 22.3 Å². The normalized spacial score (nSPS) is 10.8. The lowest BCUT2D eigenvalue weighted by Crippen LogP contribution is -2.02. The Labute approximate surface area is 253 Å². The lowest BCUT2D eigenvalue weighted by Gasteiger charge is -2.16. The second-order valence-electron chi connectivity index (χ2n) is 6.31. The molecule has 0 aliphatic heterocycles. The highest BCUT2D eigenvalue weighted by atomic mass is 79.9. The SMILES string of the molecule is Brc1ccccc1Oc1c(Oc2ccc(Br)c(Br)c2Br)nnnc1Oc1ccc(Br)c(Br)c1Br. The lowest BCUT2D eigenvalue weighted by molar-refractivity contribution is 0.352. The molecule has 13 heteroatoms. The summed E-state index contributed by atoms with van der Waals surface area (Å²) in [7, 11) is 0. The van der Waals surface area contributed by atoms with Gasteiger partial charge in [-0.15, -0.1) is 0 Å². The Morgan fingerprint density at radius 1 is 0.471 bits per heavy atom. The molecular weight excluding hydrogens is 902 g/mol. The number of benzene rings is 3. The third-order valence-corrected chi connectivity index (χ3v) is 11.4. The van der Waals surface area contributed by atoms with Crippen LogP contribution in [-0.2, 0) is 0 Å². The number of nitrogens with zero attached hydrogens (tertiary/aromatic N) is 3. The Bertz CT molecular complexity index is 1310. The molecule has 0 amide bonds. The van der Waals surface area contributed by atoms with Crippen LogP contribution in [0, 0.1) is 0 Å². The van der Waals surface area contributed by atoms with Crippen molar-refractivity contribution >= 4 is 112 Å². The molecule has 4 aromatic rings. The van der Waals surface area contributed by atoms with E-state index in [9.17, 15) is 0 Å². The quantitative estimate of drug-likeness (QED) is 0.180. The molecule has 0 N–H and O–H groups in total.